The molecule has 0 spiro atoms. The average Bonchev–Trinajstić information content (AvgIpc) is 2.26. The topological polar surface area (TPSA) is 79.9 Å². The second-order valence-corrected chi connectivity index (χ2v) is 5.50. The van der Waals surface area contributed by atoms with Crippen molar-refractivity contribution in [1.29, 1.82) is 0 Å². The molecule has 1 saturated heterocycles. The molecule has 1 rings (SSSR count). The highest BCUT2D eigenvalue weighted by Crippen LogP contribution is 2.04. The lowest BCUT2D eigenvalue weighted by Gasteiger charge is -2.28. The van der Waals surface area contributed by atoms with Crippen LogP contribution >= 0.6 is 0 Å². The summed E-state index contributed by atoms with van der Waals surface area (Å²) in [6.45, 7) is 10.2. The van der Waals surface area contributed by atoms with E-state index in [1.54, 1.807) is 11.8 Å². The summed E-state index contributed by atoms with van der Waals surface area (Å²) in [4.78, 5) is 18.0. The standard InChI is InChI=1S/C12H24N4O2/c1-9(14-11(13)15-12(2,3)4)10(17)16-5-7-18-8-6-16/h9H,5-8H2,1-4H3,(H3,13,14,15). The third-order valence-electron chi connectivity index (χ3n) is 2.52. The molecule has 6 heteroatoms. The van der Waals surface area contributed by atoms with Crippen LogP contribution in [0.15, 0.2) is 4.99 Å². The summed E-state index contributed by atoms with van der Waals surface area (Å²) in [5.41, 5.74) is 5.61. The molecular formula is C12H24N4O2. The van der Waals surface area contributed by atoms with Gasteiger partial charge < -0.3 is 20.7 Å². The quantitative estimate of drug-likeness (QED) is 0.535. The summed E-state index contributed by atoms with van der Waals surface area (Å²) in [7, 11) is 0. The summed E-state index contributed by atoms with van der Waals surface area (Å²) in [5.74, 6) is 0.300. The van der Waals surface area contributed by atoms with Crippen LogP contribution in [0.1, 0.15) is 27.7 Å². The Balaban J connectivity index is 2.55. The second-order valence-electron chi connectivity index (χ2n) is 5.50. The lowest BCUT2D eigenvalue weighted by atomic mass is 10.1. The lowest BCUT2D eigenvalue weighted by Crippen LogP contribution is -2.48. The van der Waals surface area contributed by atoms with Gasteiger partial charge >= 0.3 is 0 Å². The third kappa shape index (κ3) is 4.91. The number of hydrogen-bond donors (Lipinski definition) is 2. The van der Waals surface area contributed by atoms with E-state index in [0.29, 0.717) is 32.3 Å². The van der Waals surface area contributed by atoms with E-state index in [2.05, 4.69) is 10.3 Å². The molecule has 6 nitrogen and oxygen atoms in total. The van der Waals surface area contributed by atoms with Crippen LogP contribution in [0.2, 0.25) is 0 Å². The largest absolute Gasteiger partial charge is 0.378 e. The first-order chi connectivity index (χ1) is 8.29. The first kappa shape index (κ1) is 14.8. The van der Waals surface area contributed by atoms with Gasteiger partial charge in [-0.15, -0.1) is 0 Å². The van der Waals surface area contributed by atoms with Crippen molar-refractivity contribution in [3.05, 3.63) is 0 Å². The molecule has 18 heavy (non-hydrogen) atoms. The van der Waals surface area contributed by atoms with Crippen molar-refractivity contribution in [3.8, 4) is 0 Å². The van der Waals surface area contributed by atoms with Crippen molar-refractivity contribution in [2.24, 2.45) is 10.7 Å². The molecule has 0 bridgehead atoms. The van der Waals surface area contributed by atoms with Gasteiger partial charge in [0, 0.05) is 18.6 Å². The average molecular weight is 256 g/mol. The van der Waals surface area contributed by atoms with Crippen molar-refractivity contribution in [2.45, 2.75) is 39.3 Å². The molecule has 1 fully saturated rings. The van der Waals surface area contributed by atoms with Gasteiger partial charge in [0.1, 0.15) is 6.04 Å². The van der Waals surface area contributed by atoms with E-state index in [0.717, 1.165) is 0 Å². The zero-order valence-electron chi connectivity index (χ0n) is 11.7. The van der Waals surface area contributed by atoms with Crippen LogP contribution in [0.4, 0.5) is 0 Å². The molecule has 1 atom stereocenters. The van der Waals surface area contributed by atoms with Crippen LogP contribution < -0.4 is 11.1 Å². The summed E-state index contributed by atoms with van der Waals surface area (Å²) in [6.07, 6.45) is 0. The molecule has 1 aliphatic heterocycles. The number of nitrogens with zero attached hydrogens (tertiary/aromatic N) is 2. The number of amides is 1. The third-order valence-corrected chi connectivity index (χ3v) is 2.52. The number of aliphatic imine (C=N–C) groups is 1. The zero-order valence-corrected chi connectivity index (χ0v) is 11.7. The second kappa shape index (κ2) is 6.04. The van der Waals surface area contributed by atoms with E-state index in [4.69, 9.17) is 10.5 Å². The molecule has 1 amide bonds. The minimum Gasteiger partial charge on any atom is -0.378 e. The van der Waals surface area contributed by atoms with Crippen molar-refractivity contribution in [3.63, 3.8) is 0 Å². The number of ether oxygens (including phenoxy) is 1. The van der Waals surface area contributed by atoms with Crippen molar-refractivity contribution in [2.75, 3.05) is 26.3 Å². The maximum atomic E-state index is 12.1. The van der Waals surface area contributed by atoms with Gasteiger partial charge in [-0.1, -0.05) is 0 Å². The Hall–Kier alpha value is -1.30. The number of guanidine groups is 1. The fourth-order valence-electron chi connectivity index (χ4n) is 1.73. The molecule has 0 radical (unpaired) electrons. The Morgan fingerprint density at radius 1 is 1.39 bits per heavy atom. The van der Waals surface area contributed by atoms with E-state index in [-0.39, 0.29) is 11.4 Å². The smallest absolute Gasteiger partial charge is 0.247 e. The summed E-state index contributed by atoms with van der Waals surface area (Å²) in [5, 5.41) is 3.04. The van der Waals surface area contributed by atoms with Gasteiger partial charge in [-0.25, -0.2) is 4.99 Å². The van der Waals surface area contributed by atoms with Crippen LogP contribution in [0.25, 0.3) is 0 Å². The zero-order chi connectivity index (χ0) is 13.8. The fourth-order valence-corrected chi connectivity index (χ4v) is 1.73. The Morgan fingerprint density at radius 2 is 1.94 bits per heavy atom. The predicted molar refractivity (Wildman–Crippen MR) is 71.4 cm³/mol. The first-order valence-corrected chi connectivity index (χ1v) is 6.27. The normalized spacial score (nSPS) is 19.6. The Morgan fingerprint density at radius 3 is 2.44 bits per heavy atom. The molecule has 3 N–H and O–H groups in total. The molecule has 0 saturated carbocycles. The molecule has 1 heterocycles. The van der Waals surface area contributed by atoms with E-state index in [9.17, 15) is 4.79 Å². The van der Waals surface area contributed by atoms with Gasteiger partial charge in [0.2, 0.25) is 5.91 Å². The number of nitrogens with two attached hydrogens (primary N) is 1. The highest BCUT2D eigenvalue weighted by molar-refractivity contribution is 5.86. The minimum atomic E-state index is -0.460. The molecule has 0 aliphatic carbocycles. The SMILES string of the molecule is CC(N=C(N)NC(C)(C)C)C(=O)N1CCOCC1. The van der Waals surface area contributed by atoms with Crippen LogP contribution in [0.3, 0.4) is 0 Å². The van der Waals surface area contributed by atoms with Crippen LogP contribution in [-0.4, -0.2) is 54.7 Å². The van der Waals surface area contributed by atoms with Gasteiger partial charge in [-0.2, -0.15) is 0 Å². The van der Waals surface area contributed by atoms with E-state index < -0.39 is 6.04 Å². The number of carbonyl (C=O) groups is 1. The molecule has 1 aliphatic rings. The molecule has 1 unspecified atom stereocenters. The summed E-state index contributed by atoms with van der Waals surface area (Å²) >= 11 is 0. The van der Waals surface area contributed by atoms with Crippen molar-refractivity contribution in [1.82, 2.24) is 10.2 Å². The van der Waals surface area contributed by atoms with Gasteiger partial charge in [-0.3, -0.25) is 4.79 Å². The van der Waals surface area contributed by atoms with Crippen molar-refractivity contribution >= 4 is 11.9 Å². The van der Waals surface area contributed by atoms with Crippen LogP contribution in [0.5, 0.6) is 0 Å². The Labute approximate surface area is 109 Å². The summed E-state index contributed by atoms with van der Waals surface area (Å²) < 4.78 is 5.21. The van der Waals surface area contributed by atoms with Crippen LogP contribution in [0, 0.1) is 0 Å². The number of rotatable bonds is 2. The van der Waals surface area contributed by atoms with Crippen molar-refractivity contribution < 1.29 is 9.53 Å². The number of morpholine rings is 1. The van der Waals surface area contributed by atoms with Gasteiger partial charge in [0.05, 0.1) is 13.2 Å². The minimum absolute atomic E-state index is 0.00282. The maximum Gasteiger partial charge on any atom is 0.247 e. The van der Waals surface area contributed by atoms with Gasteiger partial charge in [0.15, 0.2) is 5.96 Å². The highest BCUT2D eigenvalue weighted by atomic mass is 16.5. The fraction of sp³-hybridized carbons (Fsp3) is 0.833. The molecule has 0 aromatic rings. The predicted octanol–water partition coefficient (Wildman–Crippen LogP) is -0.0635. The Kier molecular flexibility index (Phi) is 4.95. The van der Waals surface area contributed by atoms with Gasteiger partial charge in [0.25, 0.3) is 0 Å². The molecular weight excluding hydrogens is 232 g/mol. The first-order valence-electron chi connectivity index (χ1n) is 6.27. The van der Waals surface area contributed by atoms with E-state index in [1.165, 1.54) is 0 Å². The van der Waals surface area contributed by atoms with Gasteiger partial charge in [-0.05, 0) is 27.7 Å². The lowest BCUT2D eigenvalue weighted by molar-refractivity contribution is -0.136. The van der Waals surface area contributed by atoms with E-state index >= 15 is 0 Å². The molecule has 0 aromatic heterocycles. The Bertz CT molecular complexity index is 317. The number of carbonyl (C=O) groups excluding carboxylic acids is 1. The molecule has 104 valence electrons. The monoisotopic (exact) mass is 256 g/mol. The number of nitrogens with one attached hydrogen (secondary N) is 1. The van der Waals surface area contributed by atoms with E-state index in [1.807, 2.05) is 20.8 Å². The number of hydrogen-bond acceptors (Lipinski definition) is 3. The molecule has 0 aromatic carbocycles. The summed E-state index contributed by atoms with van der Waals surface area (Å²) in [6, 6.07) is -0.460. The van der Waals surface area contributed by atoms with Crippen LogP contribution in [-0.2, 0) is 9.53 Å². The maximum absolute atomic E-state index is 12.1. The highest BCUT2D eigenvalue weighted by Gasteiger charge is 2.22.